The Morgan fingerprint density at radius 3 is 2.21 bits per heavy atom. The van der Waals surface area contributed by atoms with E-state index in [-0.39, 0.29) is 11.6 Å². The highest BCUT2D eigenvalue weighted by Crippen LogP contribution is 2.16. The second kappa shape index (κ2) is 7.59. The fraction of sp³-hybridized carbons (Fsp3) is 0.100. The highest BCUT2D eigenvalue weighted by Gasteiger charge is 1.99. The fourth-order valence-electron chi connectivity index (χ4n) is 2.27. The van der Waals surface area contributed by atoms with E-state index in [0.29, 0.717) is 13.2 Å². The van der Waals surface area contributed by atoms with E-state index in [1.165, 1.54) is 24.3 Å². The molecule has 0 atom stereocenters. The summed E-state index contributed by atoms with van der Waals surface area (Å²) >= 11 is 0. The first-order valence-corrected chi connectivity index (χ1v) is 7.65. The van der Waals surface area contributed by atoms with Gasteiger partial charge in [0, 0.05) is 12.2 Å². The average molecular weight is 325 g/mol. The first-order chi connectivity index (χ1) is 11.7. The van der Waals surface area contributed by atoms with E-state index < -0.39 is 0 Å². The van der Waals surface area contributed by atoms with Crippen LogP contribution in [0.3, 0.4) is 0 Å². The quantitative estimate of drug-likeness (QED) is 0.676. The van der Waals surface area contributed by atoms with Crippen LogP contribution in [0.25, 0.3) is 0 Å². The predicted molar refractivity (Wildman–Crippen MR) is 90.9 cm³/mol. The minimum absolute atomic E-state index is 0.250. The lowest BCUT2D eigenvalue weighted by molar-refractivity contribution is 0.305. The van der Waals surface area contributed by atoms with Gasteiger partial charge in [-0.25, -0.2) is 8.78 Å². The molecule has 0 bridgehead atoms. The van der Waals surface area contributed by atoms with E-state index in [9.17, 15) is 8.78 Å². The van der Waals surface area contributed by atoms with Gasteiger partial charge in [-0.05, 0) is 59.7 Å². The van der Waals surface area contributed by atoms with Crippen molar-refractivity contribution in [3.05, 3.63) is 95.6 Å². The van der Waals surface area contributed by atoms with Gasteiger partial charge in [-0.15, -0.1) is 0 Å². The Kier molecular flexibility index (Phi) is 5.06. The van der Waals surface area contributed by atoms with Crippen molar-refractivity contribution in [1.29, 1.82) is 0 Å². The van der Waals surface area contributed by atoms with Crippen molar-refractivity contribution in [2.45, 2.75) is 13.2 Å². The molecular weight excluding hydrogens is 308 g/mol. The zero-order valence-electron chi connectivity index (χ0n) is 13.0. The molecule has 1 N–H and O–H groups in total. The third kappa shape index (κ3) is 4.56. The second-order valence-corrected chi connectivity index (χ2v) is 5.42. The number of halogens is 2. The summed E-state index contributed by atoms with van der Waals surface area (Å²) in [5, 5.41) is 3.22. The third-order valence-corrected chi connectivity index (χ3v) is 3.56. The van der Waals surface area contributed by atoms with Crippen LogP contribution in [0.1, 0.15) is 11.1 Å². The molecule has 0 aliphatic carbocycles. The molecule has 0 aliphatic heterocycles. The Bertz CT molecular complexity index is 785. The second-order valence-electron chi connectivity index (χ2n) is 5.42. The molecule has 0 heterocycles. The summed E-state index contributed by atoms with van der Waals surface area (Å²) in [4.78, 5) is 0. The maximum atomic E-state index is 13.1. The lowest BCUT2D eigenvalue weighted by Crippen LogP contribution is -2.00. The van der Waals surface area contributed by atoms with Gasteiger partial charge >= 0.3 is 0 Å². The molecule has 0 aliphatic rings. The third-order valence-electron chi connectivity index (χ3n) is 3.56. The Morgan fingerprint density at radius 2 is 1.50 bits per heavy atom. The van der Waals surface area contributed by atoms with Crippen molar-refractivity contribution in [2.24, 2.45) is 0 Å². The van der Waals surface area contributed by atoms with Crippen molar-refractivity contribution in [1.82, 2.24) is 0 Å². The minimum atomic E-state index is -0.265. The van der Waals surface area contributed by atoms with Gasteiger partial charge in [0.15, 0.2) is 0 Å². The Morgan fingerprint density at radius 1 is 0.750 bits per heavy atom. The number of rotatable bonds is 6. The maximum Gasteiger partial charge on any atom is 0.123 e. The van der Waals surface area contributed by atoms with Crippen LogP contribution < -0.4 is 10.1 Å². The SMILES string of the molecule is Fc1ccc(NCc2ccc(OCc3cccc(F)c3)cc2)cc1. The molecule has 2 nitrogen and oxygen atoms in total. The molecule has 0 saturated heterocycles. The summed E-state index contributed by atoms with van der Waals surface area (Å²) in [6, 6.07) is 20.3. The molecule has 0 aromatic heterocycles. The molecular formula is C20H17F2NO. The molecule has 0 amide bonds. The van der Waals surface area contributed by atoms with E-state index in [4.69, 9.17) is 4.74 Å². The fourth-order valence-corrected chi connectivity index (χ4v) is 2.27. The molecule has 0 unspecified atom stereocenters. The van der Waals surface area contributed by atoms with E-state index in [1.54, 1.807) is 18.2 Å². The average Bonchev–Trinajstić information content (AvgIpc) is 2.60. The summed E-state index contributed by atoms with van der Waals surface area (Å²) in [5.41, 5.74) is 2.73. The number of hydrogen-bond acceptors (Lipinski definition) is 2. The van der Waals surface area contributed by atoms with Crippen molar-refractivity contribution >= 4 is 5.69 Å². The topological polar surface area (TPSA) is 21.3 Å². The van der Waals surface area contributed by atoms with E-state index in [2.05, 4.69) is 5.32 Å². The van der Waals surface area contributed by atoms with E-state index in [0.717, 1.165) is 22.6 Å². The lowest BCUT2D eigenvalue weighted by Gasteiger charge is -2.09. The smallest absolute Gasteiger partial charge is 0.123 e. The van der Waals surface area contributed by atoms with Gasteiger partial charge < -0.3 is 10.1 Å². The van der Waals surface area contributed by atoms with Crippen molar-refractivity contribution in [2.75, 3.05) is 5.32 Å². The largest absolute Gasteiger partial charge is 0.489 e. The first-order valence-electron chi connectivity index (χ1n) is 7.65. The van der Waals surface area contributed by atoms with Crippen molar-refractivity contribution in [3.63, 3.8) is 0 Å². The summed E-state index contributed by atoms with van der Waals surface area (Å²) in [6.45, 7) is 0.959. The molecule has 3 aromatic rings. The normalized spacial score (nSPS) is 10.4. The van der Waals surface area contributed by atoms with Crippen molar-refractivity contribution in [3.8, 4) is 5.75 Å². The van der Waals surface area contributed by atoms with Crippen molar-refractivity contribution < 1.29 is 13.5 Å². The molecule has 3 rings (SSSR count). The standard InChI is InChI=1S/C20H17F2NO/c21-17-6-8-19(9-7-17)23-13-15-4-10-20(11-5-15)24-14-16-2-1-3-18(22)12-16/h1-12,23H,13-14H2. The van der Waals surface area contributed by atoms with E-state index >= 15 is 0 Å². The number of ether oxygens (including phenoxy) is 1. The van der Waals surface area contributed by atoms with Gasteiger partial charge in [0.05, 0.1) is 0 Å². The van der Waals surface area contributed by atoms with Crippen LogP contribution in [0.2, 0.25) is 0 Å². The van der Waals surface area contributed by atoms with Gasteiger partial charge in [-0.2, -0.15) is 0 Å². The van der Waals surface area contributed by atoms with Crippen LogP contribution >= 0.6 is 0 Å². The summed E-state index contributed by atoms with van der Waals surface area (Å²) in [6.07, 6.45) is 0. The van der Waals surface area contributed by atoms with E-state index in [1.807, 2.05) is 30.3 Å². The number of anilines is 1. The number of benzene rings is 3. The molecule has 0 fully saturated rings. The Labute approximate surface area is 139 Å². The monoisotopic (exact) mass is 325 g/mol. The zero-order chi connectivity index (χ0) is 16.8. The summed E-state index contributed by atoms with van der Waals surface area (Å²) in [5.74, 6) is 0.212. The predicted octanol–water partition coefficient (Wildman–Crippen LogP) is 5.16. The van der Waals surface area contributed by atoms with Crippen LogP contribution in [-0.4, -0.2) is 0 Å². The van der Waals surface area contributed by atoms with Gasteiger partial charge in [-0.1, -0.05) is 24.3 Å². The summed E-state index contributed by atoms with van der Waals surface area (Å²) < 4.78 is 31.6. The van der Waals surface area contributed by atoms with Crippen LogP contribution in [-0.2, 0) is 13.2 Å². The molecule has 0 spiro atoms. The molecule has 3 aromatic carbocycles. The Balaban J connectivity index is 1.52. The van der Waals surface area contributed by atoms with Crippen LogP contribution in [0.5, 0.6) is 5.75 Å². The molecule has 0 saturated carbocycles. The number of nitrogens with one attached hydrogen (secondary N) is 1. The Hall–Kier alpha value is -2.88. The lowest BCUT2D eigenvalue weighted by atomic mass is 10.2. The van der Waals surface area contributed by atoms with Gasteiger partial charge in [0.25, 0.3) is 0 Å². The summed E-state index contributed by atoms with van der Waals surface area (Å²) in [7, 11) is 0. The maximum absolute atomic E-state index is 13.1. The molecule has 24 heavy (non-hydrogen) atoms. The first kappa shape index (κ1) is 16.0. The van der Waals surface area contributed by atoms with Crippen LogP contribution in [0.4, 0.5) is 14.5 Å². The highest BCUT2D eigenvalue weighted by molar-refractivity contribution is 5.43. The van der Waals surface area contributed by atoms with Crippen LogP contribution in [0, 0.1) is 11.6 Å². The van der Waals surface area contributed by atoms with Gasteiger partial charge in [0.1, 0.15) is 24.0 Å². The van der Waals surface area contributed by atoms with Gasteiger partial charge in [0.2, 0.25) is 0 Å². The van der Waals surface area contributed by atoms with Gasteiger partial charge in [-0.3, -0.25) is 0 Å². The van der Waals surface area contributed by atoms with Crippen LogP contribution in [0.15, 0.2) is 72.8 Å². The molecule has 4 heteroatoms. The zero-order valence-corrected chi connectivity index (χ0v) is 13.0. The highest BCUT2D eigenvalue weighted by atomic mass is 19.1. The molecule has 122 valence electrons. The molecule has 0 radical (unpaired) electrons. The minimum Gasteiger partial charge on any atom is -0.489 e. The number of hydrogen-bond donors (Lipinski definition) is 1.